The van der Waals surface area contributed by atoms with Gasteiger partial charge in [0, 0.05) is 26.6 Å². The third kappa shape index (κ3) is 4.61. The van der Waals surface area contributed by atoms with Gasteiger partial charge in [-0.25, -0.2) is 8.78 Å². The molecule has 0 aromatic heterocycles. The Balaban J connectivity index is 1.57. The first-order valence-electron chi connectivity index (χ1n) is 11.7. The maximum absolute atomic E-state index is 13.6. The largest absolute Gasteiger partial charge is 0.390 e. The second-order valence-corrected chi connectivity index (χ2v) is 9.57. The molecule has 6 N–H and O–H groups in total. The summed E-state index contributed by atoms with van der Waals surface area (Å²) in [5.41, 5.74) is -1.41. The fourth-order valence-corrected chi connectivity index (χ4v) is 5.55. The Hall–Kier alpha value is -1.32. The highest BCUT2D eigenvalue weighted by molar-refractivity contribution is 5.18. The lowest BCUT2D eigenvalue weighted by atomic mass is 9.77. The number of hydrogen-bond donors (Lipinski definition) is 6. The molecule has 2 saturated heterocycles. The van der Waals surface area contributed by atoms with Crippen molar-refractivity contribution in [2.45, 2.75) is 80.2 Å². The summed E-state index contributed by atoms with van der Waals surface area (Å²) < 4.78 is 50.6. The van der Waals surface area contributed by atoms with Crippen molar-refractivity contribution in [3.63, 3.8) is 0 Å². The molecule has 2 heterocycles. The predicted octanol–water partition coefficient (Wildman–Crippen LogP) is -1.04. The van der Waals surface area contributed by atoms with E-state index in [2.05, 4.69) is 16.0 Å². The van der Waals surface area contributed by atoms with E-state index in [1.165, 1.54) is 13.2 Å². The first kappa shape index (κ1) is 26.7. The van der Waals surface area contributed by atoms with Crippen molar-refractivity contribution >= 4 is 0 Å². The Morgan fingerprint density at radius 2 is 1.80 bits per heavy atom. The first-order valence-corrected chi connectivity index (χ1v) is 11.7. The number of likely N-dealkylation sites (N-methyl/N-ethyl adjacent to an activating group) is 2. The van der Waals surface area contributed by atoms with Crippen molar-refractivity contribution in [2.75, 3.05) is 27.7 Å². The number of benzene rings is 1. The zero-order chi connectivity index (χ0) is 25.5. The van der Waals surface area contributed by atoms with Crippen LogP contribution in [0.15, 0.2) is 18.2 Å². The van der Waals surface area contributed by atoms with Gasteiger partial charge in [0.25, 0.3) is 0 Å². The van der Waals surface area contributed by atoms with E-state index >= 15 is 0 Å². The number of rotatable bonds is 7. The summed E-state index contributed by atoms with van der Waals surface area (Å²) in [5.74, 6) is -4.21. The molecule has 10 unspecified atom stereocenters. The van der Waals surface area contributed by atoms with Gasteiger partial charge >= 0.3 is 0 Å². The van der Waals surface area contributed by atoms with Crippen LogP contribution in [0, 0.1) is 11.6 Å². The normalized spacial score (nSPS) is 43.5. The van der Waals surface area contributed by atoms with Crippen molar-refractivity contribution in [2.24, 2.45) is 0 Å². The highest BCUT2D eigenvalue weighted by Gasteiger charge is 2.68. The molecule has 35 heavy (non-hydrogen) atoms. The molecule has 4 rings (SSSR count). The van der Waals surface area contributed by atoms with Crippen LogP contribution in [0.4, 0.5) is 8.78 Å². The highest BCUT2D eigenvalue weighted by atomic mass is 19.2. The molecule has 0 amide bonds. The number of ether oxygens (including phenoxy) is 4. The van der Waals surface area contributed by atoms with E-state index in [0.29, 0.717) is 5.56 Å². The van der Waals surface area contributed by atoms with Crippen molar-refractivity contribution in [1.82, 2.24) is 16.0 Å². The minimum Gasteiger partial charge on any atom is -0.390 e. The molecular weight excluding hydrogens is 468 g/mol. The summed E-state index contributed by atoms with van der Waals surface area (Å²) in [6.45, 7) is 1.68. The topological polar surface area (TPSA) is 134 Å². The number of aliphatic hydroxyl groups excluding tert-OH is 1. The Kier molecular flexibility index (Phi) is 7.80. The number of hydrogen-bond acceptors (Lipinski definition) is 10. The van der Waals surface area contributed by atoms with Gasteiger partial charge in [-0.15, -0.1) is 0 Å². The molecule has 1 saturated carbocycles. The van der Waals surface area contributed by atoms with Crippen LogP contribution < -0.4 is 16.0 Å². The third-order valence-electron chi connectivity index (χ3n) is 7.32. The van der Waals surface area contributed by atoms with Gasteiger partial charge in [0.2, 0.25) is 12.1 Å². The van der Waals surface area contributed by atoms with Crippen LogP contribution in [0.25, 0.3) is 0 Å². The van der Waals surface area contributed by atoms with Crippen LogP contribution >= 0.6 is 0 Å². The van der Waals surface area contributed by atoms with Gasteiger partial charge in [-0.1, -0.05) is 6.07 Å². The quantitative estimate of drug-likeness (QED) is 0.274. The zero-order valence-electron chi connectivity index (χ0n) is 20.2. The SMILES string of the molecule is CNC1C(O)C(NC)C2OC3(O)C(OC(C)CC3(O)CNCc3ccc(F)c(F)c3)OC2C1OC. The van der Waals surface area contributed by atoms with Crippen LogP contribution in [0.2, 0.25) is 0 Å². The lowest BCUT2D eigenvalue weighted by Gasteiger charge is -2.60. The lowest BCUT2D eigenvalue weighted by Crippen LogP contribution is -2.81. The van der Waals surface area contributed by atoms with Crippen LogP contribution in [0.3, 0.4) is 0 Å². The molecule has 1 aromatic rings. The maximum Gasteiger partial charge on any atom is 0.249 e. The van der Waals surface area contributed by atoms with Gasteiger partial charge in [-0.2, -0.15) is 0 Å². The van der Waals surface area contributed by atoms with Crippen LogP contribution in [-0.4, -0.2) is 103 Å². The second-order valence-electron chi connectivity index (χ2n) is 9.57. The third-order valence-corrected chi connectivity index (χ3v) is 7.32. The summed E-state index contributed by atoms with van der Waals surface area (Å²) >= 11 is 0. The summed E-state index contributed by atoms with van der Waals surface area (Å²) in [4.78, 5) is 0. The summed E-state index contributed by atoms with van der Waals surface area (Å²) in [6.07, 6.45) is -5.03. The number of fused-ring (bicyclic) bond motifs is 2. The minimum atomic E-state index is -2.29. The molecule has 3 fully saturated rings. The Labute approximate surface area is 202 Å². The van der Waals surface area contributed by atoms with E-state index in [1.54, 1.807) is 21.0 Å². The summed E-state index contributed by atoms with van der Waals surface area (Å²) in [6, 6.07) is 2.36. The van der Waals surface area contributed by atoms with E-state index in [1.807, 2.05) is 0 Å². The lowest BCUT2D eigenvalue weighted by molar-refractivity contribution is -0.482. The Morgan fingerprint density at radius 1 is 1.09 bits per heavy atom. The van der Waals surface area contributed by atoms with E-state index in [4.69, 9.17) is 18.9 Å². The molecular formula is C23H35F2N3O7. The molecule has 1 aromatic carbocycles. The fourth-order valence-electron chi connectivity index (χ4n) is 5.55. The Morgan fingerprint density at radius 3 is 2.43 bits per heavy atom. The first-order chi connectivity index (χ1) is 16.6. The van der Waals surface area contributed by atoms with Gasteiger partial charge in [0.05, 0.1) is 24.3 Å². The molecule has 10 atom stereocenters. The van der Waals surface area contributed by atoms with Crippen molar-refractivity contribution in [1.29, 1.82) is 0 Å². The second kappa shape index (κ2) is 10.2. The molecule has 12 heteroatoms. The number of nitrogens with one attached hydrogen (secondary N) is 3. The van der Waals surface area contributed by atoms with Gasteiger partial charge in [0.15, 0.2) is 11.6 Å². The number of aliphatic hydroxyl groups is 3. The monoisotopic (exact) mass is 503 g/mol. The van der Waals surface area contributed by atoms with Crippen LogP contribution in [0.5, 0.6) is 0 Å². The van der Waals surface area contributed by atoms with E-state index < -0.39 is 71.9 Å². The molecule has 10 nitrogen and oxygen atoms in total. The molecule has 0 spiro atoms. The summed E-state index contributed by atoms with van der Waals surface area (Å²) in [5, 5.41) is 43.3. The van der Waals surface area contributed by atoms with E-state index in [9.17, 15) is 24.1 Å². The van der Waals surface area contributed by atoms with Gasteiger partial charge in [-0.05, 0) is 38.7 Å². The number of methoxy groups -OCH3 is 1. The maximum atomic E-state index is 13.6. The molecule has 1 aliphatic carbocycles. The molecule has 198 valence electrons. The smallest absolute Gasteiger partial charge is 0.249 e. The average Bonchev–Trinajstić information content (AvgIpc) is 2.80. The van der Waals surface area contributed by atoms with Crippen molar-refractivity contribution < 1.29 is 43.0 Å². The average molecular weight is 504 g/mol. The van der Waals surface area contributed by atoms with E-state index in [0.717, 1.165) is 12.1 Å². The molecule has 0 radical (unpaired) electrons. The van der Waals surface area contributed by atoms with Gasteiger partial charge in [0.1, 0.15) is 23.9 Å². The van der Waals surface area contributed by atoms with Crippen LogP contribution in [0.1, 0.15) is 18.9 Å². The van der Waals surface area contributed by atoms with Crippen molar-refractivity contribution in [3.8, 4) is 0 Å². The Bertz CT molecular complexity index is 901. The van der Waals surface area contributed by atoms with Crippen LogP contribution in [-0.2, 0) is 25.5 Å². The van der Waals surface area contributed by atoms with Gasteiger partial charge < -0.3 is 50.2 Å². The number of halogens is 2. The summed E-state index contributed by atoms with van der Waals surface area (Å²) in [7, 11) is 4.84. The molecule has 3 aliphatic rings. The minimum absolute atomic E-state index is 0.00511. The van der Waals surface area contributed by atoms with Gasteiger partial charge in [-0.3, -0.25) is 0 Å². The molecule has 2 aliphatic heterocycles. The molecule has 0 bridgehead atoms. The fraction of sp³-hybridized carbons (Fsp3) is 0.739. The standard InChI is InChI=1S/C23H35F2N3O7/c1-11-8-22(30,10-28-9-12-5-6-13(24)14(25)7-12)23(31)21(33-11)34-20-18(32-4)15(26-2)17(29)16(27-3)19(20)35-23/h5-7,11,15-21,26-31H,8-10H2,1-4H3. The zero-order valence-corrected chi connectivity index (χ0v) is 20.2. The highest BCUT2D eigenvalue weighted by Crippen LogP contribution is 2.46. The van der Waals surface area contributed by atoms with E-state index in [-0.39, 0.29) is 19.5 Å². The predicted molar refractivity (Wildman–Crippen MR) is 119 cm³/mol. The van der Waals surface area contributed by atoms with Crippen molar-refractivity contribution in [3.05, 3.63) is 35.4 Å².